The zero-order chi connectivity index (χ0) is 11.3. The van der Waals surface area contributed by atoms with Crippen LogP contribution in [0.1, 0.15) is 27.2 Å². The van der Waals surface area contributed by atoms with Gasteiger partial charge in [0.25, 0.3) is 5.91 Å². The largest absolute Gasteiger partial charge is 0.325 e. The Balaban J connectivity index is 2.42. The summed E-state index contributed by atoms with van der Waals surface area (Å²) in [7, 11) is 0. The van der Waals surface area contributed by atoms with Crippen LogP contribution in [-0.2, 0) is 4.79 Å². The molecule has 5 nitrogen and oxygen atoms in total. The molecule has 0 saturated carbocycles. The van der Waals surface area contributed by atoms with Crippen molar-refractivity contribution in [3.05, 3.63) is 0 Å². The molecule has 2 aliphatic rings. The van der Waals surface area contributed by atoms with Crippen LogP contribution >= 0.6 is 0 Å². The normalized spacial score (nSPS) is 31.5. The van der Waals surface area contributed by atoms with Gasteiger partial charge < -0.3 is 10.2 Å². The van der Waals surface area contributed by atoms with Gasteiger partial charge in [0.05, 0.1) is 0 Å². The van der Waals surface area contributed by atoms with E-state index in [0.29, 0.717) is 13.0 Å². The van der Waals surface area contributed by atoms with Gasteiger partial charge in [-0.25, -0.2) is 4.79 Å². The molecule has 2 heterocycles. The Bertz CT molecular complexity index is 313. The Kier molecular flexibility index (Phi) is 2.05. The lowest BCUT2D eigenvalue weighted by molar-refractivity contribution is -0.127. The van der Waals surface area contributed by atoms with E-state index in [1.807, 2.05) is 20.8 Å². The first-order chi connectivity index (χ1) is 6.88. The van der Waals surface area contributed by atoms with Gasteiger partial charge in [-0.15, -0.1) is 0 Å². The van der Waals surface area contributed by atoms with Crippen LogP contribution in [0.15, 0.2) is 0 Å². The fraction of sp³-hybridized carbons (Fsp3) is 0.800. The molecule has 2 rings (SSSR count). The third-order valence-corrected chi connectivity index (χ3v) is 3.08. The highest BCUT2D eigenvalue weighted by Crippen LogP contribution is 2.34. The van der Waals surface area contributed by atoms with Crippen molar-refractivity contribution in [2.24, 2.45) is 0 Å². The second kappa shape index (κ2) is 2.95. The molecule has 2 N–H and O–H groups in total. The molecule has 2 aliphatic heterocycles. The average Bonchev–Trinajstić information content (AvgIpc) is 2.59. The van der Waals surface area contributed by atoms with E-state index in [9.17, 15) is 9.59 Å². The molecule has 3 amide bonds. The number of amides is 3. The molecule has 1 spiro atoms. The summed E-state index contributed by atoms with van der Waals surface area (Å²) in [4.78, 5) is 25.3. The molecule has 0 aliphatic carbocycles. The molecule has 0 bridgehead atoms. The van der Waals surface area contributed by atoms with Crippen molar-refractivity contribution in [2.75, 3.05) is 13.1 Å². The minimum absolute atomic E-state index is 0.160. The van der Waals surface area contributed by atoms with E-state index in [1.54, 1.807) is 4.90 Å². The Labute approximate surface area is 89.2 Å². The summed E-state index contributed by atoms with van der Waals surface area (Å²) < 4.78 is 0. The summed E-state index contributed by atoms with van der Waals surface area (Å²) in [6, 6.07) is -0.267. The Morgan fingerprint density at radius 2 is 2.00 bits per heavy atom. The number of rotatable bonds is 0. The van der Waals surface area contributed by atoms with Crippen LogP contribution in [0.3, 0.4) is 0 Å². The van der Waals surface area contributed by atoms with Crippen LogP contribution < -0.4 is 10.6 Å². The standard InChI is InChI=1S/C10H17N3O2/c1-9(2,3)13-8(15)12-7(14)10(13)4-5-11-6-10/h11H,4-6H2,1-3H3,(H,12,14,15). The number of carbonyl (C=O) groups excluding carboxylic acids is 2. The molecule has 0 aromatic heterocycles. The van der Waals surface area contributed by atoms with E-state index in [-0.39, 0.29) is 17.5 Å². The summed E-state index contributed by atoms with van der Waals surface area (Å²) in [5, 5.41) is 5.57. The van der Waals surface area contributed by atoms with E-state index in [1.165, 1.54) is 0 Å². The predicted octanol–water partition coefficient (Wildman–Crippen LogP) is 0.0688. The van der Waals surface area contributed by atoms with Crippen molar-refractivity contribution in [3.63, 3.8) is 0 Å². The molecule has 0 aromatic rings. The molecule has 15 heavy (non-hydrogen) atoms. The average molecular weight is 211 g/mol. The molecule has 1 atom stereocenters. The van der Waals surface area contributed by atoms with Gasteiger partial charge in [-0.05, 0) is 33.7 Å². The zero-order valence-electron chi connectivity index (χ0n) is 9.39. The summed E-state index contributed by atoms with van der Waals surface area (Å²) in [5.41, 5.74) is -0.988. The van der Waals surface area contributed by atoms with Crippen LogP contribution in [0.2, 0.25) is 0 Å². The molecular weight excluding hydrogens is 194 g/mol. The quantitative estimate of drug-likeness (QED) is 0.557. The van der Waals surface area contributed by atoms with Gasteiger partial charge in [0.15, 0.2) is 0 Å². The van der Waals surface area contributed by atoms with Gasteiger partial charge in [-0.1, -0.05) is 0 Å². The van der Waals surface area contributed by atoms with E-state index in [0.717, 1.165) is 6.54 Å². The number of carbonyl (C=O) groups is 2. The van der Waals surface area contributed by atoms with Crippen molar-refractivity contribution in [1.82, 2.24) is 15.5 Å². The highest BCUT2D eigenvalue weighted by atomic mass is 16.2. The number of nitrogens with zero attached hydrogens (tertiary/aromatic N) is 1. The Morgan fingerprint density at radius 1 is 1.33 bits per heavy atom. The second-order valence-electron chi connectivity index (χ2n) is 5.22. The van der Waals surface area contributed by atoms with Crippen molar-refractivity contribution in [1.29, 1.82) is 0 Å². The van der Waals surface area contributed by atoms with E-state index < -0.39 is 5.54 Å². The topological polar surface area (TPSA) is 61.4 Å². The van der Waals surface area contributed by atoms with Gasteiger partial charge in [-0.3, -0.25) is 10.1 Å². The van der Waals surface area contributed by atoms with E-state index >= 15 is 0 Å². The lowest BCUT2D eigenvalue weighted by Crippen LogP contribution is -2.58. The van der Waals surface area contributed by atoms with Gasteiger partial charge in [-0.2, -0.15) is 0 Å². The molecule has 0 radical (unpaired) electrons. The minimum Gasteiger partial charge on any atom is -0.314 e. The number of urea groups is 1. The first-order valence-electron chi connectivity index (χ1n) is 5.24. The predicted molar refractivity (Wildman–Crippen MR) is 55.3 cm³/mol. The van der Waals surface area contributed by atoms with Gasteiger partial charge in [0, 0.05) is 12.1 Å². The van der Waals surface area contributed by atoms with Crippen LogP contribution in [0.25, 0.3) is 0 Å². The molecular formula is C10H17N3O2. The fourth-order valence-corrected chi connectivity index (χ4v) is 2.58. The van der Waals surface area contributed by atoms with Crippen LogP contribution in [0.4, 0.5) is 4.79 Å². The maximum atomic E-state index is 11.9. The number of nitrogens with one attached hydrogen (secondary N) is 2. The van der Waals surface area contributed by atoms with Crippen molar-refractivity contribution < 1.29 is 9.59 Å². The first-order valence-corrected chi connectivity index (χ1v) is 5.24. The van der Waals surface area contributed by atoms with Gasteiger partial charge >= 0.3 is 6.03 Å². The second-order valence-corrected chi connectivity index (χ2v) is 5.22. The Morgan fingerprint density at radius 3 is 2.47 bits per heavy atom. The number of imide groups is 1. The summed E-state index contributed by atoms with van der Waals surface area (Å²) >= 11 is 0. The maximum absolute atomic E-state index is 11.9. The van der Waals surface area contributed by atoms with Gasteiger partial charge in [0.1, 0.15) is 5.54 Å². The molecule has 5 heteroatoms. The smallest absolute Gasteiger partial charge is 0.314 e. The summed E-state index contributed by atoms with van der Waals surface area (Å²) in [6.07, 6.45) is 0.696. The van der Waals surface area contributed by atoms with Gasteiger partial charge in [0.2, 0.25) is 0 Å². The SMILES string of the molecule is CC(C)(C)N1C(=O)NC(=O)C12CCNC2. The van der Waals surface area contributed by atoms with Crippen LogP contribution in [0.5, 0.6) is 0 Å². The van der Waals surface area contributed by atoms with Crippen molar-refractivity contribution in [2.45, 2.75) is 38.3 Å². The summed E-state index contributed by atoms with van der Waals surface area (Å²) in [5.74, 6) is -0.160. The highest BCUT2D eigenvalue weighted by Gasteiger charge is 2.57. The van der Waals surface area contributed by atoms with Crippen molar-refractivity contribution in [3.8, 4) is 0 Å². The third-order valence-electron chi connectivity index (χ3n) is 3.08. The van der Waals surface area contributed by atoms with E-state index in [2.05, 4.69) is 10.6 Å². The molecule has 1 unspecified atom stereocenters. The number of hydrogen-bond acceptors (Lipinski definition) is 3. The van der Waals surface area contributed by atoms with Crippen LogP contribution in [-0.4, -0.2) is 41.0 Å². The molecule has 2 saturated heterocycles. The molecule has 84 valence electrons. The van der Waals surface area contributed by atoms with Crippen LogP contribution in [0, 0.1) is 0 Å². The first kappa shape index (κ1) is 10.4. The highest BCUT2D eigenvalue weighted by molar-refractivity contribution is 6.07. The lowest BCUT2D eigenvalue weighted by Gasteiger charge is -2.40. The summed E-state index contributed by atoms with van der Waals surface area (Å²) in [6.45, 7) is 7.19. The zero-order valence-corrected chi connectivity index (χ0v) is 9.39. The minimum atomic E-state index is -0.657. The Hall–Kier alpha value is -1.10. The molecule has 2 fully saturated rings. The monoisotopic (exact) mass is 211 g/mol. The number of hydrogen-bond donors (Lipinski definition) is 2. The van der Waals surface area contributed by atoms with Crippen molar-refractivity contribution >= 4 is 11.9 Å². The maximum Gasteiger partial charge on any atom is 0.325 e. The fourth-order valence-electron chi connectivity index (χ4n) is 2.58. The molecule has 0 aromatic carbocycles. The lowest BCUT2D eigenvalue weighted by atomic mass is 9.91. The third kappa shape index (κ3) is 1.33. The van der Waals surface area contributed by atoms with E-state index in [4.69, 9.17) is 0 Å².